The Morgan fingerprint density at radius 3 is 1.35 bits per heavy atom. The molecule has 0 bridgehead atoms. The molecule has 52 heavy (non-hydrogen) atoms. The van der Waals surface area contributed by atoms with Crippen molar-refractivity contribution in [2.45, 2.75) is 25.7 Å². The lowest BCUT2D eigenvalue weighted by molar-refractivity contribution is 0.234. The van der Waals surface area contributed by atoms with Crippen LogP contribution in [0.4, 0.5) is 5.69 Å². The Kier molecular flexibility index (Phi) is 5.36. The second kappa shape index (κ2) is 9.95. The molecule has 6 heterocycles. The van der Waals surface area contributed by atoms with Gasteiger partial charge in [0.15, 0.2) is 0 Å². The molecular formula is C45H31N7. The number of aromatic nitrogens is 6. The molecule has 0 aliphatic carbocycles. The van der Waals surface area contributed by atoms with Crippen molar-refractivity contribution in [1.82, 2.24) is 28.7 Å². The monoisotopic (exact) mass is 669 g/mol. The van der Waals surface area contributed by atoms with Crippen LogP contribution in [0.3, 0.4) is 0 Å². The van der Waals surface area contributed by atoms with Crippen molar-refractivity contribution in [2.75, 3.05) is 4.90 Å². The van der Waals surface area contributed by atoms with Crippen LogP contribution in [-0.2, 0) is 12.3 Å². The zero-order valence-corrected chi connectivity index (χ0v) is 28.4. The summed E-state index contributed by atoms with van der Waals surface area (Å²) in [7, 11) is 0. The molecule has 246 valence electrons. The van der Waals surface area contributed by atoms with Crippen molar-refractivity contribution in [2.24, 2.45) is 0 Å². The van der Waals surface area contributed by atoms with Gasteiger partial charge < -0.3 is 0 Å². The fraction of sp³-hybridized carbons (Fsp3) is 0.0889. The molecule has 0 radical (unpaired) electrons. The summed E-state index contributed by atoms with van der Waals surface area (Å²) < 4.78 is 7.53. The van der Waals surface area contributed by atoms with Gasteiger partial charge in [-0.05, 0) is 47.7 Å². The summed E-state index contributed by atoms with van der Waals surface area (Å²) in [6.45, 7) is 2.29. The number of imidazole rings is 3. The van der Waals surface area contributed by atoms with Crippen molar-refractivity contribution in [3.05, 3.63) is 162 Å². The van der Waals surface area contributed by atoms with E-state index in [0.29, 0.717) is 0 Å². The van der Waals surface area contributed by atoms with Gasteiger partial charge in [0.2, 0.25) is 0 Å². The van der Waals surface area contributed by atoms with E-state index in [2.05, 4.69) is 171 Å². The maximum atomic E-state index is 5.50. The summed E-state index contributed by atoms with van der Waals surface area (Å²) in [6, 6.07) is 51.7. The van der Waals surface area contributed by atoms with Crippen LogP contribution in [0.25, 0.3) is 73.0 Å². The minimum absolute atomic E-state index is 0.868. The van der Waals surface area contributed by atoms with Crippen LogP contribution in [0, 0.1) is 0 Å². The maximum Gasteiger partial charge on any atom is 0.299 e. The van der Waals surface area contributed by atoms with E-state index in [9.17, 15) is 0 Å². The molecule has 12 rings (SSSR count). The van der Waals surface area contributed by atoms with Gasteiger partial charge in [-0.1, -0.05) is 134 Å². The first kappa shape index (κ1) is 28.0. The van der Waals surface area contributed by atoms with Crippen molar-refractivity contribution < 1.29 is 0 Å². The zero-order valence-electron chi connectivity index (χ0n) is 28.4. The lowest BCUT2D eigenvalue weighted by atomic mass is 9.91. The molecule has 6 aromatic carbocycles. The number of hydrogen-bond donors (Lipinski definition) is 0. The van der Waals surface area contributed by atoms with Crippen LogP contribution in [0.2, 0.25) is 0 Å². The number of nitrogens with zero attached hydrogens (tertiary/aromatic N) is 7. The number of anilines is 1. The lowest BCUT2D eigenvalue weighted by Gasteiger charge is -2.46. The largest absolute Gasteiger partial charge is 0.299 e. The Labute approximate surface area is 299 Å². The van der Waals surface area contributed by atoms with Gasteiger partial charge in [0.05, 0.1) is 33.5 Å². The Morgan fingerprint density at radius 2 is 0.885 bits per heavy atom. The van der Waals surface area contributed by atoms with Gasteiger partial charge in [-0.3, -0.25) is 18.6 Å². The molecule has 0 saturated carbocycles. The standard InChI is InChI=1S/C45H31N7/c1-2-28-27-33-23-24-34-39-38(33)49(37(28)29-15-7-3-8-16-29)45(50(39)42(46-34)30-17-9-4-10-18-30)51-40-35(47-43(51)31-19-11-5-12-20-31)25-26-36-41(40)52(45)44(48-36)32-21-13-6-14-22-32/h3-26H,2,27H2,1H3. The maximum absolute atomic E-state index is 5.50. The van der Waals surface area contributed by atoms with Crippen molar-refractivity contribution >= 4 is 44.5 Å². The van der Waals surface area contributed by atoms with Crippen molar-refractivity contribution in [3.63, 3.8) is 0 Å². The summed E-state index contributed by atoms with van der Waals surface area (Å²) in [5.74, 6) is 1.64. The third-order valence-electron chi connectivity index (χ3n) is 11.3. The first-order valence-electron chi connectivity index (χ1n) is 18.0. The van der Waals surface area contributed by atoms with Crippen molar-refractivity contribution in [3.8, 4) is 34.2 Å². The molecule has 1 spiro atoms. The minimum Gasteiger partial charge on any atom is -0.279 e. The van der Waals surface area contributed by atoms with E-state index >= 15 is 0 Å². The molecule has 3 aliphatic heterocycles. The van der Waals surface area contributed by atoms with Crippen LogP contribution in [-0.4, -0.2) is 28.7 Å². The third-order valence-corrected chi connectivity index (χ3v) is 11.3. The van der Waals surface area contributed by atoms with Crippen LogP contribution in [0.5, 0.6) is 0 Å². The van der Waals surface area contributed by atoms with Crippen LogP contribution < -0.4 is 4.90 Å². The van der Waals surface area contributed by atoms with Gasteiger partial charge in [-0.2, -0.15) is 0 Å². The molecule has 0 saturated heterocycles. The van der Waals surface area contributed by atoms with Gasteiger partial charge in [-0.25, -0.2) is 15.0 Å². The number of benzene rings is 6. The Morgan fingerprint density at radius 1 is 0.481 bits per heavy atom. The van der Waals surface area contributed by atoms with E-state index in [1.165, 1.54) is 28.1 Å². The Balaban J connectivity index is 1.35. The van der Waals surface area contributed by atoms with Gasteiger partial charge in [0, 0.05) is 16.7 Å². The molecule has 7 heteroatoms. The van der Waals surface area contributed by atoms with Gasteiger partial charge >= 0.3 is 0 Å². The normalized spacial score (nSPS) is 15.1. The van der Waals surface area contributed by atoms with E-state index in [1.807, 2.05) is 0 Å². The quantitative estimate of drug-likeness (QED) is 0.183. The SMILES string of the molecule is CCC1=C(c2ccccc2)N2c3c(ccc4nc(-c5ccccc5)n(c34)C23n2c(-c4ccccc4)nc4ccc5nc(-c6ccccc6)n3c5c42)C1. The van der Waals surface area contributed by atoms with E-state index < -0.39 is 5.91 Å². The summed E-state index contributed by atoms with van der Waals surface area (Å²) in [6.07, 6.45) is 1.78. The van der Waals surface area contributed by atoms with Gasteiger partial charge in [-0.15, -0.1) is 0 Å². The number of allylic oxidation sites excluding steroid dienone is 1. The third kappa shape index (κ3) is 3.29. The summed E-state index contributed by atoms with van der Waals surface area (Å²) in [4.78, 5) is 19.1. The number of fused-ring (bicyclic) bond motifs is 4. The molecule has 9 aromatic rings. The highest BCUT2D eigenvalue weighted by Crippen LogP contribution is 2.60. The molecule has 3 aromatic heterocycles. The average molecular weight is 670 g/mol. The molecule has 3 aliphatic rings. The second-order valence-corrected chi connectivity index (χ2v) is 13.9. The highest BCUT2D eigenvalue weighted by Gasteiger charge is 2.60. The van der Waals surface area contributed by atoms with Gasteiger partial charge in [0.25, 0.3) is 5.91 Å². The van der Waals surface area contributed by atoms with Crippen LogP contribution >= 0.6 is 0 Å². The van der Waals surface area contributed by atoms with E-state index in [-0.39, 0.29) is 0 Å². The first-order valence-corrected chi connectivity index (χ1v) is 18.0. The Hall–Kier alpha value is -6.73. The molecule has 7 nitrogen and oxygen atoms in total. The van der Waals surface area contributed by atoms with Gasteiger partial charge in [0.1, 0.15) is 28.5 Å². The number of hydrogen-bond acceptors (Lipinski definition) is 4. The molecule has 0 atom stereocenters. The topological polar surface area (TPSA) is 56.7 Å². The van der Waals surface area contributed by atoms with Crippen LogP contribution in [0.1, 0.15) is 24.5 Å². The number of rotatable bonds is 5. The van der Waals surface area contributed by atoms with Crippen LogP contribution in [0.15, 0.2) is 151 Å². The Bertz CT molecular complexity index is 2850. The summed E-state index contributed by atoms with van der Waals surface area (Å²) in [5, 5.41) is 0. The predicted octanol–water partition coefficient (Wildman–Crippen LogP) is 9.91. The second-order valence-electron chi connectivity index (χ2n) is 13.9. The zero-order chi connectivity index (χ0) is 34.1. The van der Waals surface area contributed by atoms with E-state index in [0.717, 1.165) is 80.1 Å². The molecule has 0 fully saturated rings. The predicted molar refractivity (Wildman–Crippen MR) is 208 cm³/mol. The summed E-state index contributed by atoms with van der Waals surface area (Å²) >= 11 is 0. The molecular weight excluding hydrogens is 639 g/mol. The fourth-order valence-corrected chi connectivity index (χ4v) is 9.23. The highest BCUT2D eigenvalue weighted by molar-refractivity contribution is 6.10. The fourth-order valence-electron chi connectivity index (χ4n) is 9.23. The minimum atomic E-state index is -1.06. The smallest absolute Gasteiger partial charge is 0.279 e. The average Bonchev–Trinajstić information content (AvgIpc) is 4.02. The lowest BCUT2D eigenvalue weighted by Crippen LogP contribution is -2.57. The van der Waals surface area contributed by atoms with Crippen molar-refractivity contribution in [1.29, 1.82) is 0 Å². The summed E-state index contributed by atoms with van der Waals surface area (Å²) in [5.41, 5.74) is 15.6. The van der Waals surface area contributed by atoms with E-state index in [1.54, 1.807) is 0 Å². The molecule has 0 amide bonds. The highest BCUT2D eigenvalue weighted by atomic mass is 15.7. The molecule has 0 N–H and O–H groups in total. The van der Waals surface area contributed by atoms with E-state index in [4.69, 9.17) is 15.0 Å². The first-order chi connectivity index (χ1) is 25.8. The molecule has 0 unspecified atom stereocenters.